The molecule has 0 spiro atoms. The molecule has 2 unspecified atom stereocenters. The summed E-state index contributed by atoms with van der Waals surface area (Å²) in [5, 5.41) is 13.8. The second-order valence-electron chi connectivity index (χ2n) is 8.96. The van der Waals surface area contributed by atoms with Crippen LogP contribution in [0.25, 0.3) is 11.4 Å². The molecule has 0 saturated carbocycles. The van der Waals surface area contributed by atoms with Gasteiger partial charge in [-0.3, -0.25) is 4.79 Å². The summed E-state index contributed by atoms with van der Waals surface area (Å²) >= 11 is 0. The van der Waals surface area contributed by atoms with Gasteiger partial charge in [-0.15, -0.1) is 0 Å². The zero-order chi connectivity index (χ0) is 25.9. The van der Waals surface area contributed by atoms with E-state index in [1.165, 1.54) is 6.21 Å². The highest BCUT2D eigenvalue weighted by molar-refractivity contribution is 5.87. The lowest BCUT2D eigenvalue weighted by atomic mass is 9.98. The minimum absolute atomic E-state index is 0.0434. The van der Waals surface area contributed by atoms with E-state index in [0.29, 0.717) is 34.6 Å². The molecule has 8 nitrogen and oxygen atoms in total. The summed E-state index contributed by atoms with van der Waals surface area (Å²) in [4.78, 5) is 21.4. The van der Waals surface area contributed by atoms with Crippen LogP contribution < -0.4 is 21.1 Å². The largest absolute Gasteiger partial charge is 0.484 e. The zero-order valence-electron chi connectivity index (χ0n) is 21.3. The molecule has 0 saturated heterocycles. The molecule has 1 aromatic heterocycles. The fraction of sp³-hybridized carbons (Fsp3) is 0.357. The Labute approximate surface area is 213 Å². The molecule has 0 bridgehead atoms. The fourth-order valence-electron chi connectivity index (χ4n) is 3.70. The maximum Gasteiger partial charge on any atom is 0.258 e. The number of nitrogen functional groups attached to an aromatic ring is 1. The molecule has 1 amide bonds. The lowest BCUT2D eigenvalue weighted by Gasteiger charge is -2.19. The Balaban J connectivity index is 1.61. The lowest BCUT2D eigenvalue weighted by molar-refractivity contribution is -0.123. The number of ether oxygens (including phenoxy) is 1. The van der Waals surface area contributed by atoms with Crippen molar-refractivity contribution in [1.82, 2.24) is 15.3 Å². The molecule has 5 N–H and O–H groups in total. The molecule has 2 atom stereocenters. The molecule has 0 aliphatic carbocycles. The van der Waals surface area contributed by atoms with Crippen LogP contribution in [0.1, 0.15) is 52.0 Å². The Morgan fingerprint density at radius 3 is 2.72 bits per heavy atom. The van der Waals surface area contributed by atoms with Gasteiger partial charge in [0.2, 0.25) is 0 Å². The molecule has 190 valence electrons. The Bertz CT molecular complexity index is 1170. The van der Waals surface area contributed by atoms with E-state index in [1.54, 1.807) is 24.4 Å². The van der Waals surface area contributed by atoms with E-state index in [4.69, 9.17) is 15.9 Å². The number of rotatable bonds is 13. The van der Waals surface area contributed by atoms with Crippen LogP contribution in [0.5, 0.6) is 5.75 Å². The number of anilines is 3. The molecular formula is C28H36N6O2. The summed E-state index contributed by atoms with van der Waals surface area (Å²) in [5.74, 6) is 2.25. The summed E-state index contributed by atoms with van der Waals surface area (Å²) < 4.78 is 5.77. The van der Waals surface area contributed by atoms with E-state index < -0.39 is 0 Å². The van der Waals surface area contributed by atoms with Crippen molar-refractivity contribution >= 4 is 29.3 Å². The van der Waals surface area contributed by atoms with Gasteiger partial charge in [0.25, 0.3) is 5.91 Å². The summed E-state index contributed by atoms with van der Waals surface area (Å²) in [6.45, 7) is 6.48. The highest BCUT2D eigenvalue weighted by Crippen LogP contribution is 2.24. The number of hydrogen-bond acceptors (Lipinski definition) is 7. The van der Waals surface area contributed by atoms with Crippen molar-refractivity contribution in [2.45, 2.75) is 52.5 Å². The first-order valence-corrected chi connectivity index (χ1v) is 12.4. The minimum Gasteiger partial charge on any atom is -0.484 e. The second kappa shape index (κ2) is 13.2. The molecule has 2 aromatic carbocycles. The van der Waals surface area contributed by atoms with Gasteiger partial charge in [0.1, 0.15) is 11.6 Å². The van der Waals surface area contributed by atoms with Crippen molar-refractivity contribution in [3.63, 3.8) is 0 Å². The average Bonchev–Trinajstić information content (AvgIpc) is 2.91. The number of nitrogens with zero attached hydrogens (tertiary/aromatic N) is 2. The van der Waals surface area contributed by atoms with Crippen molar-refractivity contribution in [2.24, 2.45) is 5.92 Å². The highest BCUT2D eigenvalue weighted by Gasteiger charge is 2.13. The van der Waals surface area contributed by atoms with Crippen LogP contribution in [-0.4, -0.2) is 34.7 Å². The molecule has 3 rings (SSSR count). The molecule has 8 heteroatoms. The summed E-state index contributed by atoms with van der Waals surface area (Å²) in [6, 6.07) is 14.7. The molecule has 36 heavy (non-hydrogen) atoms. The highest BCUT2D eigenvalue weighted by atomic mass is 16.5. The van der Waals surface area contributed by atoms with E-state index in [2.05, 4.69) is 41.4 Å². The second-order valence-corrected chi connectivity index (χ2v) is 8.96. The van der Waals surface area contributed by atoms with Gasteiger partial charge in [0, 0.05) is 41.0 Å². The van der Waals surface area contributed by atoms with Gasteiger partial charge in [-0.05, 0) is 61.6 Å². The van der Waals surface area contributed by atoms with Gasteiger partial charge in [-0.25, -0.2) is 9.97 Å². The quantitative estimate of drug-likeness (QED) is 0.184. The first-order chi connectivity index (χ1) is 17.4. The molecule has 0 fully saturated rings. The van der Waals surface area contributed by atoms with Crippen molar-refractivity contribution in [3.05, 3.63) is 60.3 Å². The molecule has 0 aliphatic rings. The van der Waals surface area contributed by atoms with E-state index in [-0.39, 0.29) is 18.6 Å². The third-order valence-electron chi connectivity index (χ3n) is 6.20. The molecule has 3 aromatic rings. The number of hydrogen-bond donors (Lipinski definition) is 4. The molecule has 0 aliphatic heterocycles. The predicted octanol–water partition coefficient (Wildman–Crippen LogP) is 5.57. The van der Waals surface area contributed by atoms with Gasteiger partial charge in [0.05, 0.1) is 0 Å². The van der Waals surface area contributed by atoms with E-state index in [0.717, 1.165) is 36.9 Å². The van der Waals surface area contributed by atoms with Gasteiger partial charge in [-0.1, -0.05) is 39.3 Å². The Morgan fingerprint density at radius 2 is 1.97 bits per heavy atom. The summed E-state index contributed by atoms with van der Waals surface area (Å²) in [7, 11) is 0. The minimum atomic E-state index is -0.119. The van der Waals surface area contributed by atoms with Crippen LogP contribution in [0.15, 0.2) is 54.7 Å². The number of amides is 1. The van der Waals surface area contributed by atoms with Crippen LogP contribution in [-0.2, 0) is 4.79 Å². The van der Waals surface area contributed by atoms with Crippen LogP contribution >= 0.6 is 0 Å². The van der Waals surface area contributed by atoms with Crippen molar-refractivity contribution in [1.29, 1.82) is 5.41 Å². The van der Waals surface area contributed by atoms with Crippen LogP contribution in [0.3, 0.4) is 0 Å². The average molecular weight is 489 g/mol. The maximum atomic E-state index is 12.4. The SMILES string of the molecule is CCC(C)CCC(CC)NC(=O)COc1cccc(-c2nccc(Nc3ccc(N)c(C=N)c3)n2)c1. The van der Waals surface area contributed by atoms with Crippen molar-refractivity contribution < 1.29 is 9.53 Å². The Hall–Kier alpha value is -3.94. The third-order valence-corrected chi connectivity index (χ3v) is 6.20. The van der Waals surface area contributed by atoms with E-state index >= 15 is 0 Å². The standard InChI is InChI=1S/C28H36N6O2/c1-4-19(3)9-10-22(5-2)33-27(35)18-36-24-8-6-7-20(16-24)28-31-14-13-26(34-28)32-23-11-12-25(30)21(15-23)17-29/h6-8,11-17,19,22,29H,4-5,9-10,18,30H2,1-3H3,(H,33,35)(H,31,32,34). The summed E-state index contributed by atoms with van der Waals surface area (Å²) in [5.41, 5.74) is 8.58. The van der Waals surface area contributed by atoms with Crippen molar-refractivity contribution in [3.8, 4) is 17.1 Å². The topological polar surface area (TPSA) is 126 Å². The van der Waals surface area contributed by atoms with E-state index in [1.807, 2.05) is 30.3 Å². The third kappa shape index (κ3) is 7.80. The van der Waals surface area contributed by atoms with Gasteiger partial charge in [-0.2, -0.15) is 0 Å². The zero-order valence-corrected chi connectivity index (χ0v) is 21.3. The first-order valence-electron chi connectivity index (χ1n) is 12.4. The number of carbonyl (C=O) groups is 1. The van der Waals surface area contributed by atoms with Crippen molar-refractivity contribution in [2.75, 3.05) is 17.7 Å². The monoisotopic (exact) mass is 488 g/mol. The first kappa shape index (κ1) is 26.7. The maximum absolute atomic E-state index is 12.4. The number of nitrogens with two attached hydrogens (primary N) is 1. The molecule has 1 heterocycles. The molecule has 0 radical (unpaired) electrons. The fourth-order valence-corrected chi connectivity index (χ4v) is 3.70. The number of nitrogens with one attached hydrogen (secondary N) is 3. The van der Waals surface area contributed by atoms with Gasteiger partial charge in [0.15, 0.2) is 12.4 Å². The lowest BCUT2D eigenvalue weighted by Crippen LogP contribution is -2.37. The van der Waals surface area contributed by atoms with Crippen LogP contribution in [0.2, 0.25) is 0 Å². The van der Waals surface area contributed by atoms with E-state index in [9.17, 15) is 4.79 Å². The normalized spacial score (nSPS) is 12.4. The number of benzene rings is 2. The number of aromatic nitrogens is 2. The van der Waals surface area contributed by atoms with Gasteiger partial charge < -0.3 is 26.5 Å². The summed E-state index contributed by atoms with van der Waals surface area (Å²) in [6.07, 6.45) is 7.03. The predicted molar refractivity (Wildman–Crippen MR) is 146 cm³/mol. The Kier molecular flexibility index (Phi) is 9.80. The molecular weight excluding hydrogens is 452 g/mol. The van der Waals surface area contributed by atoms with Gasteiger partial charge >= 0.3 is 0 Å². The van der Waals surface area contributed by atoms with Crippen LogP contribution in [0, 0.1) is 11.3 Å². The van der Waals surface area contributed by atoms with Crippen LogP contribution in [0.4, 0.5) is 17.2 Å². The number of carbonyl (C=O) groups excluding carboxylic acids is 1. The Morgan fingerprint density at radius 1 is 1.14 bits per heavy atom. The smallest absolute Gasteiger partial charge is 0.258 e.